The van der Waals surface area contributed by atoms with Gasteiger partial charge in [-0.05, 0) is 18.6 Å². The number of rotatable bonds is 11. The molecule has 0 spiro atoms. The molecule has 0 radical (unpaired) electrons. The zero-order valence-electron chi connectivity index (χ0n) is 19.5. The molecule has 3 rings (SSSR count). The van der Waals surface area contributed by atoms with Crippen LogP contribution in [0.3, 0.4) is 0 Å². The lowest BCUT2D eigenvalue weighted by atomic mass is 10.1. The van der Waals surface area contributed by atoms with Crippen molar-refractivity contribution in [2.24, 2.45) is 10.9 Å². The van der Waals surface area contributed by atoms with Crippen molar-refractivity contribution in [2.75, 3.05) is 13.1 Å². The normalized spacial score (nSPS) is 13.1. The molecule has 11 heteroatoms. The number of aliphatic imine (C=N–C) groups is 1. The van der Waals surface area contributed by atoms with E-state index in [1.54, 1.807) is 23.0 Å². The number of aromatic nitrogens is 3. The molecule has 0 aliphatic carbocycles. The summed E-state index contributed by atoms with van der Waals surface area (Å²) >= 11 is 0. The van der Waals surface area contributed by atoms with E-state index in [0.29, 0.717) is 24.6 Å². The SMILES string of the molecule is C=C(N=C/C(=C\C)C(F)(F)F)NCC(C=O)CNC(=O)c1nc2cnccc2n1Cc1ccccc1. The number of hydrogen-bond donors (Lipinski definition) is 2. The number of halogens is 3. The molecule has 1 unspecified atom stereocenters. The lowest BCUT2D eigenvalue weighted by Crippen LogP contribution is -2.36. The average Bonchev–Trinajstić information content (AvgIpc) is 3.22. The van der Waals surface area contributed by atoms with Gasteiger partial charge in [-0.2, -0.15) is 13.2 Å². The first kappa shape index (κ1) is 26.3. The minimum Gasteiger partial charge on any atom is -0.370 e. The molecule has 1 amide bonds. The molecule has 2 heterocycles. The summed E-state index contributed by atoms with van der Waals surface area (Å²) in [6.45, 7) is 5.19. The Morgan fingerprint density at radius 2 is 1.92 bits per heavy atom. The second-order valence-corrected chi connectivity index (χ2v) is 7.81. The number of allylic oxidation sites excluding steroid dienone is 2. The first-order valence-electron chi connectivity index (χ1n) is 11.0. The topological polar surface area (TPSA) is 101 Å². The van der Waals surface area contributed by atoms with Crippen molar-refractivity contribution in [3.63, 3.8) is 0 Å². The summed E-state index contributed by atoms with van der Waals surface area (Å²) in [4.78, 5) is 36.6. The first-order valence-corrected chi connectivity index (χ1v) is 11.0. The number of amides is 1. The van der Waals surface area contributed by atoms with Crippen molar-refractivity contribution in [2.45, 2.75) is 19.6 Å². The third-order valence-corrected chi connectivity index (χ3v) is 5.22. The molecule has 0 bridgehead atoms. The van der Waals surface area contributed by atoms with E-state index >= 15 is 0 Å². The summed E-state index contributed by atoms with van der Waals surface area (Å²) in [6.07, 6.45) is 0.830. The van der Waals surface area contributed by atoms with Crippen molar-refractivity contribution < 1.29 is 22.8 Å². The Kier molecular flexibility index (Phi) is 8.71. The van der Waals surface area contributed by atoms with E-state index in [9.17, 15) is 22.8 Å². The van der Waals surface area contributed by atoms with Crippen LogP contribution in [0.4, 0.5) is 13.2 Å². The van der Waals surface area contributed by atoms with E-state index in [4.69, 9.17) is 0 Å². The molecule has 0 aliphatic heterocycles. The van der Waals surface area contributed by atoms with Gasteiger partial charge in [-0.1, -0.05) is 43.0 Å². The lowest BCUT2D eigenvalue weighted by molar-refractivity contribution is -0.110. The van der Waals surface area contributed by atoms with Crippen LogP contribution < -0.4 is 10.6 Å². The molecule has 1 atom stereocenters. The van der Waals surface area contributed by atoms with Crippen molar-refractivity contribution in [1.82, 2.24) is 25.2 Å². The van der Waals surface area contributed by atoms with E-state index in [-0.39, 0.29) is 24.7 Å². The highest BCUT2D eigenvalue weighted by molar-refractivity contribution is 5.94. The Bertz CT molecular complexity index is 1280. The summed E-state index contributed by atoms with van der Waals surface area (Å²) in [5.74, 6) is -1.04. The maximum atomic E-state index is 13.0. The van der Waals surface area contributed by atoms with E-state index in [1.165, 1.54) is 6.92 Å². The Morgan fingerprint density at radius 3 is 2.58 bits per heavy atom. The summed E-state index contributed by atoms with van der Waals surface area (Å²) in [5.41, 5.74) is 1.35. The van der Waals surface area contributed by atoms with Gasteiger partial charge in [0.2, 0.25) is 0 Å². The van der Waals surface area contributed by atoms with Gasteiger partial charge in [0, 0.05) is 38.0 Å². The fourth-order valence-corrected chi connectivity index (χ4v) is 3.31. The number of nitrogens with zero attached hydrogens (tertiary/aromatic N) is 4. The standard InChI is InChI=1S/C25H25F3N6O2/c1-3-20(25(26,27)28)13-31-17(2)30-11-19(16-35)12-32-24(36)23-33-21-14-29-10-9-22(21)34(23)15-18-7-5-4-6-8-18/h3-10,13-14,16,19,30H,2,11-12,15H2,1H3,(H,32,36)/b20-3+,31-13?. The van der Waals surface area contributed by atoms with Crippen LogP contribution in [0.15, 0.2) is 77.8 Å². The number of pyridine rings is 1. The maximum Gasteiger partial charge on any atom is 0.417 e. The quantitative estimate of drug-likeness (QED) is 0.310. The van der Waals surface area contributed by atoms with E-state index < -0.39 is 23.6 Å². The summed E-state index contributed by atoms with van der Waals surface area (Å²) in [7, 11) is 0. The van der Waals surface area contributed by atoms with Crippen LogP contribution in [0.1, 0.15) is 23.1 Å². The van der Waals surface area contributed by atoms with Crippen molar-refractivity contribution in [3.05, 3.63) is 84.2 Å². The number of carbonyl (C=O) groups is 2. The average molecular weight is 499 g/mol. The number of nitrogens with one attached hydrogen (secondary N) is 2. The zero-order valence-corrected chi connectivity index (χ0v) is 19.5. The Hall–Kier alpha value is -4.28. The molecule has 2 aromatic heterocycles. The molecule has 0 aliphatic rings. The van der Waals surface area contributed by atoms with Gasteiger partial charge in [0.05, 0.1) is 17.3 Å². The lowest BCUT2D eigenvalue weighted by Gasteiger charge is -2.14. The van der Waals surface area contributed by atoms with Crippen molar-refractivity contribution >= 4 is 29.4 Å². The summed E-state index contributed by atoms with van der Waals surface area (Å²) in [6, 6.07) is 11.3. The number of hydrogen-bond acceptors (Lipinski definition) is 6. The molecule has 1 aromatic carbocycles. The van der Waals surface area contributed by atoms with Crippen molar-refractivity contribution in [1.29, 1.82) is 0 Å². The van der Waals surface area contributed by atoms with Gasteiger partial charge in [-0.3, -0.25) is 9.78 Å². The first-order chi connectivity index (χ1) is 17.2. The third kappa shape index (κ3) is 6.87. The van der Waals surface area contributed by atoms with Gasteiger partial charge in [-0.15, -0.1) is 0 Å². The zero-order chi connectivity index (χ0) is 26.1. The molecule has 188 valence electrons. The third-order valence-electron chi connectivity index (χ3n) is 5.22. The van der Waals surface area contributed by atoms with Gasteiger partial charge in [0.25, 0.3) is 5.91 Å². The van der Waals surface area contributed by atoms with E-state index in [1.807, 2.05) is 30.3 Å². The van der Waals surface area contributed by atoms with Gasteiger partial charge in [0.1, 0.15) is 17.6 Å². The van der Waals surface area contributed by atoms with Crippen LogP contribution >= 0.6 is 0 Å². The number of carbonyl (C=O) groups excluding carboxylic acids is 2. The molecular formula is C25H25F3N6O2. The second-order valence-electron chi connectivity index (χ2n) is 7.81. The van der Waals surface area contributed by atoms with Crippen LogP contribution in [0.25, 0.3) is 11.0 Å². The Balaban J connectivity index is 1.64. The summed E-state index contributed by atoms with van der Waals surface area (Å²) in [5, 5.41) is 5.40. The number of fused-ring (bicyclic) bond motifs is 1. The molecule has 2 N–H and O–H groups in total. The Morgan fingerprint density at radius 1 is 1.19 bits per heavy atom. The van der Waals surface area contributed by atoms with Crippen LogP contribution in [0.2, 0.25) is 0 Å². The second kappa shape index (κ2) is 11.9. The number of aldehydes is 1. The highest BCUT2D eigenvalue weighted by Crippen LogP contribution is 2.24. The van der Waals surface area contributed by atoms with E-state index in [0.717, 1.165) is 17.2 Å². The highest BCUT2D eigenvalue weighted by atomic mass is 19.4. The fourth-order valence-electron chi connectivity index (χ4n) is 3.31. The molecule has 8 nitrogen and oxygen atoms in total. The van der Waals surface area contributed by atoms with Crippen LogP contribution in [0, 0.1) is 5.92 Å². The highest BCUT2D eigenvalue weighted by Gasteiger charge is 2.31. The van der Waals surface area contributed by atoms with Crippen LogP contribution in [0.5, 0.6) is 0 Å². The molecule has 0 saturated heterocycles. The number of alkyl halides is 3. The van der Waals surface area contributed by atoms with Gasteiger partial charge < -0.3 is 20.0 Å². The minimum atomic E-state index is -4.53. The van der Waals surface area contributed by atoms with Crippen LogP contribution in [-0.2, 0) is 11.3 Å². The monoisotopic (exact) mass is 498 g/mol. The number of benzene rings is 1. The molecule has 36 heavy (non-hydrogen) atoms. The van der Waals surface area contributed by atoms with Gasteiger partial charge in [0.15, 0.2) is 5.82 Å². The maximum absolute atomic E-state index is 13.0. The van der Waals surface area contributed by atoms with Gasteiger partial charge in [-0.25, -0.2) is 9.98 Å². The molecule has 3 aromatic rings. The Labute approximate surface area is 205 Å². The molecule has 0 fully saturated rings. The fraction of sp³-hybridized carbons (Fsp3) is 0.240. The predicted molar refractivity (Wildman–Crippen MR) is 130 cm³/mol. The van der Waals surface area contributed by atoms with Crippen LogP contribution in [-0.4, -0.2) is 52.2 Å². The van der Waals surface area contributed by atoms with Gasteiger partial charge >= 0.3 is 6.18 Å². The van der Waals surface area contributed by atoms with Crippen molar-refractivity contribution in [3.8, 4) is 0 Å². The number of imidazole rings is 1. The smallest absolute Gasteiger partial charge is 0.370 e. The molecule has 0 saturated carbocycles. The summed E-state index contributed by atoms with van der Waals surface area (Å²) < 4.78 is 40.1. The molecular weight excluding hydrogens is 473 g/mol. The van der Waals surface area contributed by atoms with E-state index in [2.05, 4.69) is 32.2 Å². The predicted octanol–water partition coefficient (Wildman–Crippen LogP) is 3.66. The largest absolute Gasteiger partial charge is 0.417 e. The minimum absolute atomic E-state index is 0.0154.